The molecule has 0 bridgehead atoms. The molecule has 2 N–H and O–H groups in total. The molecule has 0 radical (unpaired) electrons. The quantitative estimate of drug-likeness (QED) is 0.660. The number of hydrogen-bond acceptors (Lipinski definition) is 5. The van der Waals surface area contributed by atoms with Gasteiger partial charge in [0, 0.05) is 18.6 Å². The molecular weight excluding hydrogens is 256 g/mol. The van der Waals surface area contributed by atoms with Crippen molar-refractivity contribution in [2.75, 3.05) is 11.4 Å². The number of aromatic nitrogens is 1. The van der Waals surface area contributed by atoms with E-state index in [1.807, 2.05) is 0 Å². The van der Waals surface area contributed by atoms with Gasteiger partial charge in [0.2, 0.25) is 0 Å². The smallest absolute Gasteiger partial charge is 0.362 e. The van der Waals surface area contributed by atoms with E-state index in [9.17, 15) is 10.1 Å². The van der Waals surface area contributed by atoms with Gasteiger partial charge in [-0.2, -0.15) is 0 Å². The molecule has 1 aliphatic carbocycles. The average molecular weight is 278 g/mol. The predicted molar refractivity (Wildman–Crippen MR) is 78.8 cm³/mol. The van der Waals surface area contributed by atoms with Crippen LogP contribution in [0.4, 0.5) is 11.5 Å². The molecule has 1 aromatic rings. The van der Waals surface area contributed by atoms with Gasteiger partial charge in [0.05, 0.1) is 0 Å². The molecule has 0 aromatic carbocycles. The van der Waals surface area contributed by atoms with Crippen LogP contribution < -0.4 is 10.6 Å². The largest absolute Gasteiger partial charge is 0.387 e. The van der Waals surface area contributed by atoms with Gasteiger partial charge in [-0.25, -0.2) is 0 Å². The molecule has 1 saturated carbocycles. The predicted octanol–water partition coefficient (Wildman–Crippen LogP) is 2.48. The van der Waals surface area contributed by atoms with Crippen LogP contribution >= 0.6 is 0 Å². The van der Waals surface area contributed by atoms with E-state index in [1.165, 1.54) is 6.20 Å². The zero-order chi connectivity index (χ0) is 14.5. The third-order valence-electron chi connectivity index (χ3n) is 3.90. The maximum atomic E-state index is 11.2. The summed E-state index contributed by atoms with van der Waals surface area (Å²) in [4.78, 5) is 16.8. The maximum Gasteiger partial charge on any atom is 0.387 e. The highest BCUT2D eigenvalue weighted by molar-refractivity contribution is 5.59. The SMILES string of the molecule is CCCN(c1cccnc1[N+](=O)[O-])C1CCC(N)CC1. The zero-order valence-electron chi connectivity index (χ0n) is 11.9. The summed E-state index contributed by atoms with van der Waals surface area (Å²) < 4.78 is 0. The van der Waals surface area contributed by atoms with Gasteiger partial charge in [-0.05, 0) is 54.1 Å². The van der Waals surface area contributed by atoms with Crippen LogP contribution in [0.5, 0.6) is 0 Å². The van der Waals surface area contributed by atoms with E-state index in [-0.39, 0.29) is 11.9 Å². The normalized spacial score (nSPS) is 22.5. The molecule has 1 aromatic heterocycles. The highest BCUT2D eigenvalue weighted by Gasteiger charge is 2.28. The first-order valence-corrected chi connectivity index (χ1v) is 7.25. The Kier molecular flexibility index (Phi) is 4.89. The standard InChI is InChI=1S/C14H22N4O2/c1-2-10-17(12-7-5-11(15)6-8-12)13-4-3-9-16-14(13)18(19)20/h3-4,9,11-12H,2,5-8,10,15H2,1H3. The summed E-state index contributed by atoms with van der Waals surface area (Å²) in [7, 11) is 0. The number of anilines is 1. The first kappa shape index (κ1) is 14.7. The van der Waals surface area contributed by atoms with Crippen LogP contribution in [0.3, 0.4) is 0 Å². The van der Waals surface area contributed by atoms with E-state index in [1.54, 1.807) is 12.1 Å². The van der Waals surface area contributed by atoms with Crippen molar-refractivity contribution in [1.29, 1.82) is 0 Å². The third kappa shape index (κ3) is 3.25. The fraction of sp³-hybridized carbons (Fsp3) is 0.643. The molecule has 6 nitrogen and oxygen atoms in total. The van der Waals surface area contributed by atoms with Crippen molar-refractivity contribution in [2.24, 2.45) is 5.73 Å². The van der Waals surface area contributed by atoms with Crippen LogP contribution in [0, 0.1) is 10.1 Å². The zero-order valence-corrected chi connectivity index (χ0v) is 11.9. The Morgan fingerprint density at radius 3 is 2.75 bits per heavy atom. The molecule has 0 saturated heterocycles. The summed E-state index contributed by atoms with van der Waals surface area (Å²) in [5.74, 6) is -0.0455. The van der Waals surface area contributed by atoms with E-state index in [0.717, 1.165) is 38.6 Å². The molecule has 1 fully saturated rings. The monoisotopic (exact) mass is 278 g/mol. The summed E-state index contributed by atoms with van der Waals surface area (Å²) in [5.41, 5.74) is 6.59. The van der Waals surface area contributed by atoms with Crippen molar-refractivity contribution >= 4 is 11.5 Å². The Hall–Kier alpha value is -1.69. The molecule has 0 amide bonds. The fourth-order valence-corrected chi connectivity index (χ4v) is 2.91. The number of nitrogens with zero attached hydrogens (tertiary/aromatic N) is 3. The van der Waals surface area contributed by atoms with Crippen LogP contribution in [0.25, 0.3) is 0 Å². The number of nitro groups is 1. The Bertz CT molecular complexity index is 458. The van der Waals surface area contributed by atoms with Gasteiger partial charge >= 0.3 is 5.82 Å². The molecular formula is C14H22N4O2. The maximum absolute atomic E-state index is 11.2. The minimum absolute atomic E-state index is 0.0455. The minimum atomic E-state index is -0.396. The van der Waals surface area contributed by atoms with Gasteiger partial charge in [0.25, 0.3) is 0 Å². The number of nitrogens with two attached hydrogens (primary N) is 1. The van der Waals surface area contributed by atoms with Crippen molar-refractivity contribution in [3.05, 3.63) is 28.4 Å². The van der Waals surface area contributed by atoms with E-state index < -0.39 is 4.92 Å². The lowest BCUT2D eigenvalue weighted by atomic mass is 9.90. The first-order valence-electron chi connectivity index (χ1n) is 7.25. The summed E-state index contributed by atoms with van der Waals surface area (Å²) >= 11 is 0. The van der Waals surface area contributed by atoms with E-state index in [4.69, 9.17) is 5.73 Å². The van der Waals surface area contributed by atoms with Crippen molar-refractivity contribution in [2.45, 2.75) is 51.1 Å². The average Bonchev–Trinajstić information content (AvgIpc) is 2.46. The lowest BCUT2D eigenvalue weighted by molar-refractivity contribution is -0.388. The van der Waals surface area contributed by atoms with Crippen molar-refractivity contribution < 1.29 is 4.92 Å². The first-order chi connectivity index (χ1) is 9.63. The number of hydrogen-bond donors (Lipinski definition) is 1. The molecule has 2 rings (SSSR count). The van der Waals surface area contributed by atoms with Gasteiger partial charge in [0.1, 0.15) is 11.9 Å². The van der Waals surface area contributed by atoms with E-state index in [0.29, 0.717) is 11.7 Å². The highest BCUT2D eigenvalue weighted by atomic mass is 16.6. The Morgan fingerprint density at radius 1 is 1.45 bits per heavy atom. The molecule has 0 atom stereocenters. The second kappa shape index (κ2) is 6.65. The van der Waals surface area contributed by atoms with Crippen LogP contribution in [0.1, 0.15) is 39.0 Å². The Balaban J connectivity index is 2.26. The Morgan fingerprint density at radius 2 is 2.15 bits per heavy atom. The second-order valence-electron chi connectivity index (χ2n) is 5.37. The molecule has 20 heavy (non-hydrogen) atoms. The van der Waals surface area contributed by atoms with Gasteiger partial charge < -0.3 is 20.7 Å². The minimum Gasteiger partial charge on any atom is -0.362 e. The van der Waals surface area contributed by atoms with E-state index in [2.05, 4.69) is 16.8 Å². The Labute approximate surface area is 119 Å². The van der Waals surface area contributed by atoms with Crippen molar-refractivity contribution in [3.8, 4) is 0 Å². The molecule has 1 aliphatic rings. The topological polar surface area (TPSA) is 85.3 Å². The van der Waals surface area contributed by atoms with E-state index >= 15 is 0 Å². The summed E-state index contributed by atoms with van der Waals surface area (Å²) in [6, 6.07) is 4.17. The van der Waals surface area contributed by atoms with Gasteiger partial charge in [-0.3, -0.25) is 0 Å². The molecule has 0 spiro atoms. The molecule has 1 heterocycles. The van der Waals surface area contributed by atoms with Crippen LogP contribution in [-0.4, -0.2) is 28.5 Å². The summed E-state index contributed by atoms with van der Waals surface area (Å²) in [6.07, 6.45) is 6.38. The molecule has 0 aliphatic heterocycles. The lowest BCUT2D eigenvalue weighted by Crippen LogP contribution is -2.41. The van der Waals surface area contributed by atoms with Crippen molar-refractivity contribution in [3.63, 3.8) is 0 Å². The van der Waals surface area contributed by atoms with Crippen molar-refractivity contribution in [1.82, 2.24) is 4.98 Å². The van der Waals surface area contributed by atoms with Crippen LogP contribution in [0.2, 0.25) is 0 Å². The summed E-state index contributed by atoms with van der Waals surface area (Å²) in [5, 5.41) is 11.2. The molecule has 6 heteroatoms. The highest BCUT2D eigenvalue weighted by Crippen LogP contribution is 2.32. The lowest BCUT2D eigenvalue weighted by Gasteiger charge is -2.37. The van der Waals surface area contributed by atoms with Gasteiger partial charge in [-0.1, -0.05) is 6.92 Å². The van der Waals surface area contributed by atoms with Gasteiger partial charge in [-0.15, -0.1) is 0 Å². The number of pyridine rings is 1. The third-order valence-corrected chi connectivity index (χ3v) is 3.90. The molecule has 110 valence electrons. The van der Waals surface area contributed by atoms with Crippen LogP contribution in [0.15, 0.2) is 18.3 Å². The van der Waals surface area contributed by atoms with Gasteiger partial charge in [0.15, 0.2) is 0 Å². The van der Waals surface area contributed by atoms with Crippen LogP contribution in [-0.2, 0) is 0 Å². The number of rotatable bonds is 5. The fourth-order valence-electron chi connectivity index (χ4n) is 2.91. The molecule has 0 unspecified atom stereocenters. The summed E-state index contributed by atoms with van der Waals surface area (Å²) in [6.45, 7) is 2.90. The second-order valence-corrected chi connectivity index (χ2v) is 5.37.